The molecule has 0 amide bonds. The molecule has 0 aliphatic heterocycles. The van der Waals surface area contributed by atoms with Gasteiger partial charge < -0.3 is 10.4 Å². The lowest BCUT2D eigenvalue weighted by Gasteiger charge is -2.39. The van der Waals surface area contributed by atoms with Crippen molar-refractivity contribution in [3.63, 3.8) is 0 Å². The number of hydrogen-bond donors (Lipinski definition) is 2. The molecule has 16 heavy (non-hydrogen) atoms. The van der Waals surface area contributed by atoms with Crippen LogP contribution in [0.1, 0.15) is 33.1 Å². The van der Waals surface area contributed by atoms with E-state index < -0.39 is 0 Å². The Morgan fingerprint density at radius 1 is 1.44 bits per heavy atom. The van der Waals surface area contributed by atoms with Gasteiger partial charge in [-0.15, -0.1) is 0 Å². The summed E-state index contributed by atoms with van der Waals surface area (Å²) < 4.78 is 0. The smallest absolute Gasteiger partial charge is 0.0583 e. The van der Waals surface area contributed by atoms with E-state index in [1.54, 1.807) is 0 Å². The molecule has 2 nitrogen and oxygen atoms in total. The van der Waals surface area contributed by atoms with Crippen LogP contribution >= 0.6 is 0 Å². The summed E-state index contributed by atoms with van der Waals surface area (Å²) >= 11 is 0. The fourth-order valence-electron chi connectivity index (χ4n) is 3.07. The van der Waals surface area contributed by atoms with E-state index in [2.05, 4.69) is 43.6 Å². The Bertz CT molecular complexity index is 315. The van der Waals surface area contributed by atoms with Crippen LogP contribution in [0.25, 0.3) is 0 Å². The van der Waals surface area contributed by atoms with Crippen molar-refractivity contribution in [2.45, 2.75) is 44.8 Å². The molecule has 2 aliphatic rings. The lowest BCUT2D eigenvalue weighted by Crippen LogP contribution is -2.40. The van der Waals surface area contributed by atoms with Crippen molar-refractivity contribution in [1.29, 1.82) is 0 Å². The zero-order chi connectivity index (χ0) is 11.8. The van der Waals surface area contributed by atoms with Gasteiger partial charge in [-0.05, 0) is 38.6 Å². The van der Waals surface area contributed by atoms with Gasteiger partial charge in [0.15, 0.2) is 0 Å². The molecule has 0 aromatic heterocycles. The second-order valence-corrected chi connectivity index (χ2v) is 5.72. The predicted octanol–water partition coefficient (Wildman–Crippen LogP) is 2.26. The molecule has 1 saturated carbocycles. The summed E-state index contributed by atoms with van der Waals surface area (Å²) in [5.41, 5.74) is 0.417. The van der Waals surface area contributed by atoms with Gasteiger partial charge in [0.2, 0.25) is 0 Å². The average molecular weight is 221 g/mol. The van der Waals surface area contributed by atoms with Crippen LogP contribution in [0, 0.1) is 11.3 Å². The molecule has 0 spiro atoms. The molecule has 0 aromatic rings. The van der Waals surface area contributed by atoms with E-state index in [1.807, 2.05) is 6.92 Å². The number of aliphatic hydroxyl groups is 1. The largest absolute Gasteiger partial charge is 0.393 e. The van der Waals surface area contributed by atoms with Crippen molar-refractivity contribution in [3.05, 3.63) is 24.3 Å². The fraction of sp³-hybridized carbons (Fsp3) is 0.714. The van der Waals surface area contributed by atoms with Gasteiger partial charge in [0.05, 0.1) is 6.10 Å². The van der Waals surface area contributed by atoms with Gasteiger partial charge in [-0.3, -0.25) is 0 Å². The molecule has 0 radical (unpaired) electrons. The summed E-state index contributed by atoms with van der Waals surface area (Å²) in [7, 11) is 2.05. The van der Waals surface area contributed by atoms with E-state index in [1.165, 1.54) is 12.8 Å². The van der Waals surface area contributed by atoms with Crippen LogP contribution in [0.5, 0.6) is 0 Å². The Hall–Kier alpha value is -0.600. The Kier molecular flexibility index (Phi) is 2.97. The Morgan fingerprint density at radius 3 is 2.62 bits per heavy atom. The Balaban J connectivity index is 2.15. The third-order valence-corrected chi connectivity index (χ3v) is 4.29. The average Bonchev–Trinajstić information content (AvgIpc) is 2.98. The highest BCUT2D eigenvalue weighted by molar-refractivity contribution is 5.22. The number of allylic oxidation sites excluding steroid dienone is 3. The third kappa shape index (κ3) is 2.09. The molecule has 90 valence electrons. The zero-order valence-corrected chi connectivity index (χ0v) is 10.5. The lowest BCUT2D eigenvalue weighted by molar-refractivity contribution is 0.0783. The molecule has 0 bridgehead atoms. The second-order valence-electron chi connectivity index (χ2n) is 5.72. The molecule has 3 atom stereocenters. The first-order valence-corrected chi connectivity index (χ1v) is 6.24. The second kappa shape index (κ2) is 4.01. The van der Waals surface area contributed by atoms with Crippen LogP contribution in [-0.4, -0.2) is 23.8 Å². The van der Waals surface area contributed by atoms with Crippen molar-refractivity contribution in [2.75, 3.05) is 7.05 Å². The van der Waals surface area contributed by atoms with Gasteiger partial charge in [0.1, 0.15) is 0 Å². The van der Waals surface area contributed by atoms with Crippen LogP contribution in [0.15, 0.2) is 24.3 Å². The van der Waals surface area contributed by atoms with E-state index in [0.717, 1.165) is 6.42 Å². The molecular formula is C14H23NO. The number of nitrogens with one attached hydrogen (secondary N) is 1. The van der Waals surface area contributed by atoms with Crippen LogP contribution in [0.4, 0.5) is 0 Å². The molecule has 2 heteroatoms. The Labute approximate surface area is 98.4 Å². The summed E-state index contributed by atoms with van der Waals surface area (Å²) in [6, 6.07) is 0. The van der Waals surface area contributed by atoms with E-state index in [4.69, 9.17) is 0 Å². The number of aliphatic hydroxyl groups excluding tert-OH is 1. The number of rotatable bonds is 4. The monoisotopic (exact) mass is 221 g/mol. The molecule has 0 saturated heterocycles. The molecule has 3 unspecified atom stereocenters. The maximum atomic E-state index is 9.90. The standard InChI is InChI=1S/C14H23NO/c1-11(16)12-6-4-5-7-13(12,2)10-14(15-3)8-9-14/h4-7,11-12,15-16H,8-10H2,1-3H3. The van der Waals surface area contributed by atoms with E-state index >= 15 is 0 Å². The maximum Gasteiger partial charge on any atom is 0.0583 e. The van der Waals surface area contributed by atoms with Crippen molar-refractivity contribution < 1.29 is 5.11 Å². The van der Waals surface area contributed by atoms with Crippen LogP contribution in [0.3, 0.4) is 0 Å². The highest BCUT2D eigenvalue weighted by Gasteiger charge is 2.48. The summed E-state index contributed by atoms with van der Waals surface area (Å²) in [6.07, 6.45) is 12.0. The minimum absolute atomic E-state index is 0.0857. The summed E-state index contributed by atoms with van der Waals surface area (Å²) in [6.45, 7) is 4.16. The van der Waals surface area contributed by atoms with Crippen molar-refractivity contribution >= 4 is 0 Å². The molecule has 0 aromatic carbocycles. The van der Waals surface area contributed by atoms with E-state index in [-0.39, 0.29) is 17.4 Å². The first kappa shape index (κ1) is 11.9. The molecule has 0 heterocycles. The molecule has 1 fully saturated rings. The SMILES string of the molecule is CNC1(CC2(C)C=CC=CC2C(C)O)CC1. The van der Waals surface area contributed by atoms with Crippen molar-refractivity contribution in [1.82, 2.24) is 5.32 Å². The fourth-order valence-corrected chi connectivity index (χ4v) is 3.07. The van der Waals surface area contributed by atoms with Crippen LogP contribution in [-0.2, 0) is 0 Å². The summed E-state index contributed by atoms with van der Waals surface area (Å²) in [5.74, 6) is 0.239. The topological polar surface area (TPSA) is 32.3 Å². The minimum Gasteiger partial charge on any atom is -0.393 e. The van der Waals surface area contributed by atoms with Crippen molar-refractivity contribution in [2.24, 2.45) is 11.3 Å². The first-order valence-electron chi connectivity index (χ1n) is 6.24. The quantitative estimate of drug-likeness (QED) is 0.763. The predicted molar refractivity (Wildman–Crippen MR) is 67.2 cm³/mol. The molecule has 2 rings (SSSR count). The summed E-state index contributed by atoms with van der Waals surface area (Å²) in [4.78, 5) is 0. The van der Waals surface area contributed by atoms with Gasteiger partial charge in [0, 0.05) is 11.5 Å². The minimum atomic E-state index is -0.279. The van der Waals surface area contributed by atoms with Gasteiger partial charge in [-0.1, -0.05) is 31.2 Å². The van der Waals surface area contributed by atoms with Crippen molar-refractivity contribution in [3.8, 4) is 0 Å². The highest BCUT2D eigenvalue weighted by Crippen LogP contribution is 2.49. The first-order chi connectivity index (χ1) is 7.51. The van der Waals surface area contributed by atoms with Gasteiger partial charge in [-0.25, -0.2) is 0 Å². The zero-order valence-electron chi connectivity index (χ0n) is 10.5. The normalized spacial score (nSPS) is 37.4. The lowest BCUT2D eigenvalue weighted by atomic mass is 9.68. The third-order valence-electron chi connectivity index (χ3n) is 4.29. The maximum absolute atomic E-state index is 9.90. The van der Waals surface area contributed by atoms with E-state index in [0.29, 0.717) is 5.54 Å². The molecular weight excluding hydrogens is 198 g/mol. The van der Waals surface area contributed by atoms with Crippen LogP contribution < -0.4 is 5.32 Å². The Morgan fingerprint density at radius 2 is 2.12 bits per heavy atom. The van der Waals surface area contributed by atoms with Gasteiger partial charge in [0.25, 0.3) is 0 Å². The van der Waals surface area contributed by atoms with Gasteiger partial charge in [-0.2, -0.15) is 0 Å². The highest BCUT2D eigenvalue weighted by atomic mass is 16.3. The van der Waals surface area contributed by atoms with E-state index in [9.17, 15) is 5.11 Å². The molecule has 2 aliphatic carbocycles. The molecule has 2 N–H and O–H groups in total. The number of hydrogen-bond acceptors (Lipinski definition) is 2. The summed E-state index contributed by atoms with van der Waals surface area (Å²) in [5, 5.41) is 13.3. The van der Waals surface area contributed by atoms with Gasteiger partial charge >= 0.3 is 0 Å². The van der Waals surface area contributed by atoms with Crippen LogP contribution in [0.2, 0.25) is 0 Å².